The average Bonchev–Trinajstić information content (AvgIpc) is 3.29. The van der Waals surface area contributed by atoms with Gasteiger partial charge in [0, 0.05) is 21.0 Å². The van der Waals surface area contributed by atoms with Gasteiger partial charge in [0.2, 0.25) is 5.91 Å². The Labute approximate surface area is 249 Å². The van der Waals surface area contributed by atoms with Gasteiger partial charge in [-0.25, -0.2) is 9.18 Å². The van der Waals surface area contributed by atoms with Crippen LogP contribution in [0.15, 0.2) is 53.4 Å². The Morgan fingerprint density at radius 3 is 2.49 bits per heavy atom. The third-order valence-corrected chi connectivity index (χ3v) is 9.87. The number of nitrogens with one attached hydrogen (secondary N) is 2. The van der Waals surface area contributed by atoms with Crippen molar-refractivity contribution in [3.8, 4) is 0 Å². The summed E-state index contributed by atoms with van der Waals surface area (Å²) >= 11 is 2.89. The molecule has 2 N–H and O–H groups in total. The van der Waals surface area contributed by atoms with Crippen LogP contribution in [0.4, 0.5) is 15.1 Å². The van der Waals surface area contributed by atoms with Crippen LogP contribution in [0.25, 0.3) is 0 Å². The van der Waals surface area contributed by atoms with Crippen LogP contribution in [0.2, 0.25) is 0 Å². The predicted octanol–water partition coefficient (Wildman–Crippen LogP) is 7.98. The minimum atomic E-state index is -0.422. The minimum Gasteiger partial charge on any atom is -0.462 e. The van der Waals surface area contributed by atoms with Crippen molar-refractivity contribution >= 4 is 51.6 Å². The topological polar surface area (TPSA) is 84.5 Å². The maximum Gasteiger partial charge on any atom is 0.341 e. The van der Waals surface area contributed by atoms with Gasteiger partial charge in [0.15, 0.2) is 0 Å². The number of esters is 1. The zero-order chi connectivity index (χ0) is 29.7. The van der Waals surface area contributed by atoms with Crippen molar-refractivity contribution in [3.63, 3.8) is 0 Å². The van der Waals surface area contributed by atoms with Crippen LogP contribution in [-0.2, 0) is 22.4 Å². The molecule has 2 unspecified atom stereocenters. The fourth-order valence-corrected chi connectivity index (χ4v) is 7.29. The number of hydrogen-bond acceptors (Lipinski definition) is 6. The van der Waals surface area contributed by atoms with E-state index in [0.29, 0.717) is 34.2 Å². The molecular formula is C32H37FN2O4S2. The number of fused-ring (bicyclic) bond motifs is 1. The fraction of sp³-hybridized carbons (Fsp3) is 0.406. The number of thioether (sulfide) groups is 1. The lowest BCUT2D eigenvalue weighted by Gasteiger charge is -2.33. The van der Waals surface area contributed by atoms with E-state index in [2.05, 4.69) is 31.4 Å². The summed E-state index contributed by atoms with van der Waals surface area (Å²) in [5.74, 6) is -0.828. The highest BCUT2D eigenvalue weighted by atomic mass is 32.2. The molecule has 6 nitrogen and oxygen atoms in total. The smallest absolute Gasteiger partial charge is 0.341 e. The van der Waals surface area contributed by atoms with Crippen LogP contribution in [0.3, 0.4) is 0 Å². The van der Waals surface area contributed by atoms with Crippen molar-refractivity contribution in [2.24, 2.45) is 11.3 Å². The number of halogens is 1. The van der Waals surface area contributed by atoms with E-state index in [-0.39, 0.29) is 29.8 Å². The summed E-state index contributed by atoms with van der Waals surface area (Å²) in [6.45, 7) is 10.7. The van der Waals surface area contributed by atoms with Crippen molar-refractivity contribution in [2.75, 3.05) is 17.2 Å². The van der Waals surface area contributed by atoms with E-state index in [4.69, 9.17) is 4.74 Å². The highest BCUT2D eigenvalue weighted by Gasteiger charge is 2.35. The zero-order valence-corrected chi connectivity index (χ0v) is 25.8. The highest BCUT2D eigenvalue weighted by molar-refractivity contribution is 8.00. The van der Waals surface area contributed by atoms with Gasteiger partial charge in [-0.2, -0.15) is 0 Å². The predicted molar refractivity (Wildman–Crippen MR) is 165 cm³/mol. The van der Waals surface area contributed by atoms with Gasteiger partial charge in [-0.05, 0) is 92.0 Å². The standard InChI is InChI=1S/C32H37FN2O4S2/c1-6-25(40-23-10-8-9-22(18-23)34-28(36)19-11-14-21(33)15-12-19)29(37)35-30-27(31(38)39-7-2)24-16-13-20(32(3,4)5)17-26(24)41-30/h8-12,14-15,18,20,25H,6-7,13,16-17H2,1-5H3,(H,34,36)(H,35,37). The van der Waals surface area contributed by atoms with E-state index in [1.165, 1.54) is 47.4 Å². The first-order valence-corrected chi connectivity index (χ1v) is 15.7. The summed E-state index contributed by atoms with van der Waals surface area (Å²) in [5.41, 5.74) is 2.59. The monoisotopic (exact) mass is 596 g/mol. The lowest BCUT2D eigenvalue weighted by atomic mass is 9.72. The van der Waals surface area contributed by atoms with E-state index in [9.17, 15) is 18.8 Å². The Kier molecular flexibility index (Phi) is 9.92. The first-order chi connectivity index (χ1) is 19.5. The van der Waals surface area contributed by atoms with Crippen LogP contribution < -0.4 is 10.6 Å². The molecule has 0 saturated carbocycles. The number of carbonyl (C=O) groups excluding carboxylic acids is 3. The molecule has 9 heteroatoms. The summed E-state index contributed by atoms with van der Waals surface area (Å²) in [6.07, 6.45) is 3.23. The van der Waals surface area contributed by atoms with Crippen LogP contribution in [0.1, 0.15) is 78.6 Å². The molecule has 1 heterocycles. The number of ether oxygens (including phenoxy) is 1. The fourth-order valence-electron chi connectivity index (χ4n) is 4.96. The molecule has 0 saturated heterocycles. The van der Waals surface area contributed by atoms with Gasteiger partial charge >= 0.3 is 5.97 Å². The molecule has 2 atom stereocenters. The molecule has 218 valence electrons. The summed E-state index contributed by atoms with van der Waals surface area (Å²) in [4.78, 5) is 41.1. The number of thiophene rings is 1. The van der Waals surface area contributed by atoms with Crippen molar-refractivity contribution in [2.45, 2.75) is 70.4 Å². The van der Waals surface area contributed by atoms with E-state index in [1.54, 1.807) is 13.0 Å². The van der Waals surface area contributed by atoms with Gasteiger partial charge in [-0.15, -0.1) is 23.1 Å². The maximum atomic E-state index is 13.5. The number of amides is 2. The van der Waals surface area contributed by atoms with Gasteiger partial charge in [0.1, 0.15) is 10.8 Å². The van der Waals surface area contributed by atoms with Crippen molar-refractivity contribution in [3.05, 3.63) is 75.9 Å². The third-order valence-electron chi connectivity index (χ3n) is 7.35. The molecule has 1 aliphatic carbocycles. The van der Waals surface area contributed by atoms with Gasteiger partial charge in [0.25, 0.3) is 5.91 Å². The maximum absolute atomic E-state index is 13.5. The van der Waals surface area contributed by atoms with Crippen molar-refractivity contribution in [1.82, 2.24) is 0 Å². The molecule has 1 aromatic heterocycles. The highest BCUT2D eigenvalue weighted by Crippen LogP contribution is 2.45. The largest absolute Gasteiger partial charge is 0.462 e. The van der Waals surface area contributed by atoms with Crippen LogP contribution in [0, 0.1) is 17.2 Å². The molecule has 3 aromatic rings. The van der Waals surface area contributed by atoms with Crippen LogP contribution in [-0.4, -0.2) is 29.6 Å². The Morgan fingerprint density at radius 1 is 1.10 bits per heavy atom. The van der Waals surface area contributed by atoms with E-state index in [0.717, 1.165) is 34.6 Å². The Bertz CT molecular complexity index is 1410. The molecule has 0 radical (unpaired) electrons. The Balaban J connectivity index is 1.50. The van der Waals surface area contributed by atoms with Crippen LogP contribution >= 0.6 is 23.1 Å². The van der Waals surface area contributed by atoms with Gasteiger partial charge < -0.3 is 15.4 Å². The molecule has 0 spiro atoms. The normalized spacial score (nSPS) is 15.5. The van der Waals surface area contributed by atoms with E-state index in [1.807, 2.05) is 25.1 Å². The lowest BCUT2D eigenvalue weighted by Crippen LogP contribution is -2.27. The van der Waals surface area contributed by atoms with E-state index < -0.39 is 11.1 Å². The number of hydrogen-bond donors (Lipinski definition) is 2. The summed E-state index contributed by atoms with van der Waals surface area (Å²) < 4.78 is 18.6. The lowest BCUT2D eigenvalue weighted by molar-refractivity contribution is -0.115. The molecule has 2 amide bonds. The number of anilines is 2. The van der Waals surface area contributed by atoms with Gasteiger partial charge in [-0.3, -0.25) is 9.59 Å². The van der Waals surface area contributed by atoms with Gasteiger partial charge in [-0.1, -0.05) is 33.8 Å². The first-order valence-electron chi connectivity index (χ1n) is 14.0. The van der Waals surface area contributed by atoms with Crippen LogP contribution in [0.5, 0.6) is 0 Å². The van der Waals surface area contributed by atoms with Crippen molar-refractivity contribution < 1.29 is 23.5 Å². The van der Waals surface area contributed by atoms with Crippen molar-refractivity contribution in [1.29, 1.82) is 0 Å². The second kappa shape index (κ2) is 13.2. The second-order valence-electron chi connectivity index (χ2n) is 11.2. The number of benzene rings is 2. The molecule has 1 aliphatic rings. The summed E-state index contributed by atoms with van der Waals surface area (Å²) in [6, 6.07) is 12.6. The molecule has 4 rings (SSSR count). The first kappa shape index (κ1) is 30.8. The molecule has 0 fully saturated rings. The second-order valence-corrected chi connectivity index (χ2v) is 13.6. The summed E-state index contributed by atoms with van der Waals surface area (Å²) in [7, 11) is 0. The Hall–Kier alpha value is -3.17. The molecule has 0 bridgehead atoms. The van der Waals surface area contributed by atoms with Gasteiger partial charge in [0.05, 0.1) is 17.4 Å². The quantitative estimate of drug-likeness (QED) is 0.193. The number of carbonyl (C=O) groups is 3. The molecular weight excluding hydrogens is 559 g/mol. The molecule has 2 aromatic carbocycles. The zero-order valence-electron chi connectivity index (χ0n) is 24.1. The molecule has 41 heavy (non-hydrogen) atoms. The van der Waals surface area contributed by atoms with E-state index >= 15 is 0 Å². The minimum absolute atomic E-state index is 0.159. The number of rotatable bonds is 9. The summed E-state index contributed by atoms with van der Waals surface area (Å²) in [5, 5.41) is 6.03. The average molecular weight is 597 g/mol. The third kappa shape index (κ3) is 7.57. The molecule has 0 aliphatic heterocycles. The Morgan fingerprint density at radius 2 is 1.83 bits per heavy atom. The SMILES string of the molecule is CCOC(=O)c1c(NC(=O)C(CC)Sc2cccc(NC(=O)c3ccc(F)cc3)c2)sc2c1CCC(C(C)(C)C)C2.